The van der Waals surface area contributed by atoms with E-state index < -0.39 is 0 Å². The van der Waals surface area contributed by atoms with E-state index in [1.807, 2.05) is 6.07 Å². The molecule has 0 aliphatic carbocycles. The summed E-state index contributed by atoms with van der Waals surface area (Å²) in [5, 5.41) is 0.675. The Balaban J connectivity index is 2.49. The van der Waals surface area contributed by atoms with Gasteiger partial charge in [-0.25, -0.2) is 0 Å². The number of benzene rings is 1. The summed E-state index contributed by atoms with van der Waals surface area (Å²) < 4.78 is 10.3. The second-order valence-electron chi connectivity index (χ2n) is 2.45. The van der Waals surface area contributed by atoms with Crippen LogP contribution >= 0.6 is 24.2 Å². The number of hydrogen-bond donors (Lipinski definition) is 1. The minimum Gasteiger partial charge on any atom is -0.454 e. The molecule has 0 unspecified atom stereocenters. The highest BCUT2D eigenvalue weighted by molar-refractivity contribution is 7.79. The molecule has 0 N–H and O–H groups in total. The number of hydrogen-bond acceptors (Lipinski definition) is 3. The van der Waals surface area contributed by atoms with Crippen LogP contribution in [0, 0.1) is 0 Å². The molecule has 0 aromatic heterocycles. The van der Waals surface area contributed by atoms with E-state index in [4.69, 9.17) is 21.1 Å². The lowest BCUT2D eigenvalue weighted by Crippen LogP contribution is -1.92. The van der Waals surface area contributed by atoms with E-state index in [1.165, 1.54) is 0 Å². The summed E-state index contributed by atoms with van der Waals surface area (Å²) in [5.74, 6) is 2.07. The summed E-state index contributed by atoms with van der Waals surface area (Å²) in [7, 11) is 0. The lowest BCUT2D eigenvalue weighted by atomic mass is 10.2. The van der Waals surface area contributed by atoms with E-state index in [1.54, 1.807) is 6.07 Å². The van der Waals surface area contributed by atoms with Gasteiger partial charge in [0.25, 0.3) is 0 Å². The molecule has 64 valence electrons. The van der Waals surface area contributed by atoms with Crippen LogP contribution in [0.3, 0.4) is 0 Å². The van der Waals surface area contributed by atoms with Gasteiger partial charge >= 0.3 is 0 Å². The maximum atomic E-state index is 5.92. The molecular weight excluding hydrogens is 196 g/mol. The van der Waals surface area contributed by atoms with Gasteiger partial charge in [-0.2, -0.15) is 12.6 Å². The predicted molar refractivity (Wildman–Crippen MR) is 50.3 cm³/mol. The zero-order valence-corrected chi connectivity index (χ0v) is 7.86. The minimum atomic E-state index is 0.279. The largest absolute Gasteiger partial charge is 0.454 e. The molecule has 1 aromatic carbocycles. The summed E-state index contributed by atoms with van der Waals surface area (Å²) in [6.45, 7) is 0.279. The van der Waals surface area contributed by atoms with Gasteiger partial charge in [0.05, 0.1) is 0 Å². The second kappa shape index (κ2) is 3.07. The zero-order valence-electron chi connectivity index (χ0n) is 6.21. The highest BCUT2D eigenvalue weighted by Gasteiger charge is 2.15. The molecule has 4 heteroatoms. The van der Waals surface area contributed by atoms with Crippen LogP contribution in [0.5, 0.6) is 11.5 Å². The van der Waals surface area contributed by atoms with Gasteiger partial charge in [0, 0.05) is 16.8 Å². The number of rotatable bonds is 1. The molecule has 12 heavy (non-hydrogen) atoms. The van der Waals surface area contributed by atoms with E-state index in [-0.39, 0.29) is 6.79 Å². The molecule has 0 saturated carbocycles. The number of fused-ring (bicyclic) bond motifs is 1. The van der Waals surface area contributed by atoms with Crippen LogP contribution in [0.4, 0.5) is 0 Å². The van der Waals surface area contributed by atoms with E-state index >= 15 is 0 Å². The van der Waals surface area contributed by atoms with Crippen molar-refractivity contribution in [2.75, 3.05) is 6.79 Å². The van der Waals surface area contributed by atoms with Crippen LogP contribution in [-0.2, 0) is 5.75 Å². The molecule has 1 aliphatic rings. The van der Waals surface area contributed by atoms with E-state index in [0.29, 0.717) is 16.5 Å². The van der Waals surface area contributed by atoms with Crippen molar-refractivity contribution >= 4 is 24.2 Å². The van der Waals surface area contributed by atoms with Gasteiger partial charge in [-0.3, -0.25) is 0 Å². The van der Waals surface area contributed by atoms with Crippen molar-refractivity contribution in [2.45, 2.75) is 5.75 Å². The minimum absolute atomic E-state index is 0.279. The fourth-order valence-electron chi connectivity index (χ4n) is 1.08. The molecule has 2 nitrogen and oxygen atoms in total. The van der Waals surface area contributed by atoms with Crippen LogP contribution in [0.1, 0.15) is 5.56 Å². The quantitative estimate of drug-likeness (QED) is 0.706. The van der Waals surface area contributed by atoms with Crippen molar-refractivity contribution in [1.29, 1.82) is 0 Å². The van der Waals surface area contributed by atoms with Gasteiger partial charge in [0.2, 0.25) is 6.79 Å². The Bertz CT molecular complexity index is 313. The summed E-state index contributed by atoms with van der Waals surface area (Å²) in [6.07, 6.45) is 0. The number of halogens is 1. The van der Waals surface area contributed by atoms with Crippen LogP contribution in [0.2, 0.25) is 5.02 Å². The first kappa shape index (κ1) is 8.08. The summed E-state index contributed by atoms with van der Waals surface area (Å²) in [4.78, 5) is 0. The highest BCUT2D eigenvalue weighted by atomic mass is 35.5. The van der Waals surface area contributed by atoms with Crippen LogP contribution < -0.4 is 9.47 Å². The molecule has 1 heterocycles. The number of ether oxygens (including phenoxy) is 2. The lowest BCUT2D eigenvalue weighted by molar-refractivity contribution is 0.174. The van der Waals surface area contributed by atoms with Gasteiger partial charge in [0.15, 0.2) is 11.5 Å². The molecule has 0 fully saturated rings. The van der Waals surface area contributed by atoms with Gasteiger partial charge in [-0.15, -0.1) is 0 Å². The van der Waals surface area contributed by atoms with Crippen molar-refractivity contribution in [3.63, 3.8) is 0 Å². The molecule has 0 atom stereocenters. The summed E-state index contributed by atoms with van der Waals surface area (Å²) in [6, 6.07) is 3.62. The Morgan fingerprint density at radius 1 is 1.33 bits per heavy atom. The summed E-state index contributed by atoms with van der Waals surface area (Å²) >= 11 is 10.1. The first-order chi connectivity index (χ1) is 5.81. The van der Waals surface area contributed by atoms with E-state index in [9.17, 15) is 0 Å². The molecule has 0 bridgehead atoms. The Labute approximate surface area is 80.8 Å². The van der Waals surface area contributed by atoms with Crippen molar-refractivity contribution in [3.05, 3.63) is 22.7 Å². The fourth-order valence-corrected chi connectivity index (χ4v) is 1.66. The highest BCUT2D eigenvalue weighted by Crippen LogP contribution is 2.37. The molecule has 1 aliphatic heterocycles. The summed E-state index contributed by atoms with van der Waals surface area (Å²) in [5.41, 5.74) is 0.962. The third-order valence-corrected chi connectivity index (χ3v) is 2.40. The Hall–Kier alpha value is -0.540. The third kappa shape index (κ3) is 1.23. The molecular formula is C8H7ClO2S. The lowest BCUT2D eigenvalue weighted by Gasteiger charge is -2.01. The maximum absolute atomic E-state index is 5.92. The predicted octanol–water partition coefficient (Wildman–Crippen LogP) is 2.50. The first-order valence-electron chi connectivity index (χ1n) is 3.50. The standard InChI is InChI=1S/C8H7ClO2S/c9-6-2-8-7(10-4-11-8)1-5(6)3-12/h1-2,12H,3-4H2. The Morgan fingerprint density at radius 3 is 2.67 bits per heavy atom. The molecule has 0 spiro atoms. The third-order valence-electron chi connectivity index (χ3n) is 1.71. The second-order valence-corrected chi connectivity index (χ2v) is 3.18. The topological polar surface area (TPSA) is 18.5 Å². The van der Waals surface area contributed by atoms with Gasteiger partial charge in [-0.05, 0) is 11.6 Å². The number of thiol groups is 1. The van der Waals surface area contributed by atoms with Gasteiger partial charge in [0.1, 0.15) is 0 Å². The van der Waals surface area contributed by atoms with Crippen molar-refractivity contribution < 1.29 is 9.47 Å². The van der Waals surface area contributed by atoms with Crippen LogP contribution in [0.15, 0.2) is 12.1 Å². The van der Waals surface area contributed by atoms with Crippen molar-refractivity contribution in [2.24, 2.45) is 0 Å². The van der Waals surface area contributed by atoms with Gasteiger partial charge in [-0.1, -0.05) is 11.6 Å². The van der Waals surface area contributed by atoms with E-state index in [0.717, 1.165) is 11.3 Å². The average Bonchev–Trinajstić information content (AvgIpc) is 2.49. The first-order valence-corrected chi connectivity index (χ1v) is 4.51. The molecule has 0 radical (unpaired) electrons. The van der Waals surface area contributed by atoms with Crippen LogP contribution in [-0.4, -0.2) is 6.79 Å². The Morgan fingerprint density at radius 2 is 2.00 bits per heavy atom. The average molecular weight is 203 g/mol. The van der Waals surface area contributed by atoms with E-state index in [2.05, 4.69) is 12.6 Å². The molecule has 0 saturated heterocycles. The van der Waals surface area contributed by atoms with Crippen LogP contribution in [0.25, 0.3) is 0 Å². The Kier molecular flexibility index (Phi) is 2.07. The molecule has 2 rings (SSSR count). The SMILES string of the molecule is SCc1cc2c(cc1Cl)OCO2. The van der Waals surface area contributed by atoms with Crippen molar-refractivity contribution in [3.8, 4) is 11.5 Å². The zero-order chi connectivity index (χ0) is 8.55. The normalized spacial score (nSPS) is 13.5. The van der Waals surface area contributed by atoms with Crippen molar-refractivity contribution in [1.82, 2.24) is 0 Å². The fraction of sp³-hybridized carbons (Fsp3) is 0.250. The monoisotopic (exact) mass is 202 g/mol. The maximum Gasteiger partial charge on any atom is 0.231 e. The molecule has 0 amide bonds. The molecule has 1 aromatic rings. The smallest absolute Gasteiger partial charge is 0.231 e. The van der Waals surface area contributed by atoms with Gasteiger partial charge < -0.3 is 9.47 Å².